The number of methoxy groups -OCH3 is 1. The molecule has 0 saturated carbocycles. The van der Waals surface area contributed by atoms with Gasteiger partial charge in [0.15, 0.2) is 23.0 Å². The number of carbonyl (C=O) groups is 2. The first-order chi connectivity index (χ1) is 22.5. The van der Waals surface area contributed by atoms with Crippen molar-refractivity contribution < 1.29 is 57.0 Å². The van der Waals surface area contributed by atoms with Crippen molar-refractivity contribution in [3.8, 4) is 23.0 Å². The van der Waals surface area contributed by atoms with Crippen LogP contribution in [0.5, 0.6) is 23.0 Å². The van der Waals surface area contributed by atoms with Gasteiger partial charge in [-0.15, -0.1) is 0 Å². The summed E-state index contributed by atoms with van der Waals surface area (Å²) in [5.74, 6) is -0.749. The number of carbonyl (C=O) groups excluding carboxylic acids is 2. The standard InChI is InChI=1S/C33H31F3N2O9/c1-44-26-12-18(15-40)10-21-27-22(31(42)37-8-9-39)13-23(28(41)30(27)47-29(21)26)38(14-17-2-7-24-25(11-17)46-16-45-24)32(43)19-3-5-20(6-4-19)33(34,35)36/h2-7,10-13,23,27-28,30,39-41H,8-9,14-16H2,1H3,(H,37,42)/t23-,27+,28+,30+/m1/s1. The third-order valence-corrected chi connectivity index (χ3v) is 8.36. The number of hydrogen-bond acceptors (Lipinski definition) is 9. The van der Waals surface area contributed by atoms with Crippen molar-refractivity contribution in [1.82, 2.24) is 10.2 Å². The smallest absolute Gasteiger partial charge is 0.416 e. The van der Waals surface area contributed by atoms with Crippen LogP contribution in [0, 0.1) is 0 Å². The lowest BCUT2D eigenvalue weighted by Gasteiger charge is -2.40. The van der Waals surface area contributed by atoms with Gasteiger partial charge in [-0.05, 0) is 65.7 Å². The van der Waals surface area contributed by atoms with Crippen LogP contribution in [-0.2, 0) is 24.1 Å². The van der Waals surface area contributed by atoms with Crippen molar-refractivity contribution in [3.05, 3.63) is 94.1 Å². The van der Waals surface area contributed by atoms with Gasteiger partial charge in [-0.25, -0.2) is 0 Å². The Bertz CT molecular complexity index is 1710. The van der Waals surface area contributed by atoms with Gasteiger partial charge in [0.05, 0.1) is 37.8 Å². The van der Waals surface area contributed by atoms with Gasteiger partial charge in [-0.1, -0.05) is 6.07 Å². The minimum Gasteiger partial charge on any atom is -0.493 e. The van der Waals surface area contributed by atoms with Crippen LogP contribution in [0.3, 0.4) is 0 Å². The molecule has 6 rings (SSSR count). The van der Waals surface area contributed by atoms with E-state index in [4.69, 9.17) is 18.9 Å². The number of nitrogens with one attached hydrogen (secondary N) is 1. The van der Waals surface area contributed by atoms with Gasteiger partial charge < -0.3 is 44.5 Å². The zero-order valence-corrected chi connectivity index (χ0v) is 25.0. The first kappa shape index (κ1) is 32.2. The van der Waals surface area contributed by atoms with Crippen LogP contribution < -0.4 is 24.3 Å². The second-order valence-electron chi connectivity index (χ2n) is 11.2. The molecule has 0 bridgehead atoms. The predicted octanol–water partition coefficient (Wildman–Crippen LogP) is 2.90. The highest BCUT2D eigenvalue weighted by Gasteiger charge is 2.51. The van der Waals surface area contributed by atoms with Crippen molar-refractivity contribution >= 4 is 11.8 Å². The van der Waals surface area contributed by atoms with Crippen molar-refractivity contribution in [3.63, 3.8) is 0 Å². The zero-order chi connectivity index (χ0) is 33.5. The highest BCUT2D eigenvalue weighted by Crippen LogP contribution is 2.51. The molecule has 0 spiro atoms. The Kier molecular flexibility index (Phi) is 8.74. The van der Waals surface area contributed by atoms with Crippen LogP contribution >= 0.6 is 0 Å². The van der Waals surface area contributed by atoms with E-state index in [0.717, 1.165) is 24.3 Å². The number of halogens is 3. The van der Waals surface area contributed by atoms with E-state index in [0.29, 0.717) is 28.2 Å². The number of alkyl halides is 3. The Labute approximate surface area is 266 Å². The first-order valence-corrected chi connectivity index (χ1v) is 14.7. The molecule has 0 aromatic heterocycles. The number of amides is 2. The summed E-state index contributed by atoms with van der Waals surface area (Å²) in [7, 11) is 1.40. The van der Waals surface area contributed by atoms with Gasteiger partial charge in [-0.2, -0.15) is 13.2 Å². The average Bonchev–Trinajstić information content (AvgIpc) is 3.70. The summed E-state index contributed by atoms with van der Waals surface area (Å²) in [6, 6.07) is 10.7. The number of nitrogens with zero attached hydrogens (tertiary/aromatic N) is 1. The summed E-state index contributed by atoms with van der Waals surface area (Å²) in [4.78, 5) is 29.0. The number of ether oxygens (including phenoxy) is 4. The molecule has 4 N–H and O–H groups in total. The lowest BCUT2D eigenvalue weighted by Crippen LogP contribution is -2.55. The largest absolute Gasteiger partial charge is 0.493 e. The van der Waals surface area contributed by atoms with Crippen LogP contribution in [0.15, 0.2) is 66.2 Å². The normalized spacial score (nSPS) is 20.9. The highest BCUT2D eigenvalue weighted by molar-refractivity contribution is 5.97. The maximum Gasteiger partial charge on any atom is 0.416 e. The summed E-state index contributed by atoms with van der Waals surface area (Å²) in [5, 5.41) is 33.8. The number of aliphatic hydroxyl groups is 3. The Morgan fingerprint density at radius 3 is 2.45 bits per heavy atom. The quantitative estimate of drug-likeness (QED) is 0.273. The van der Waals surface area contributed by atoms with Crippen LogP contribution in [0.25, 0.3) is 0 Å². The first-order valence-electron chi connectivity index (χ1n) is 14.7. The minimum atomic E-state index is -4.62. The highest BCUT2D eigenvalue weighted by atomic mass is 19.4. The number of fused-ring (bicyclic) bond motifs is 4. The fourth-order valence-corrected chi connectivity index (χ4v) is 6.14. The molecular formula is C33H31F3N2O9. The van der Waals surface area contributed by atoms with E-state index in [9.17, 15) is 38.1 Å². The van der Waals surface area contributed by atoms with Gasteiger partial charge in [-0.3, -0.25) is 9.59 Å². The molecule has 3 aromatic rings. The molecule has 3 aliphatic rings. The molecule has 1 aliphatic carbocycles. The van der Waals surface area contributed by atoms with Gasteiger partial charge in [0.2, 0.25) is 12.7 Å². The van der Waals surface area contributed by atoms with E-state index in [1.165, 1.54) is 18.1 Å². The lowest BCUT2D eigenvalue weighted by molar-refractivity contribution is -0.137. The molecule has 11 nitrogen and oxygen atoms in total. The molecule has 0 fully saturated rings. The maximum absolute atomic E-state index is 14.2. The maximum atomic E-state index is 14.2. The van der Waals surface area contributed by atoms with Crippen LogP contribution in [0.4, 0.5) is 13.2 Å². The molecular weight excluding hydrogens is 625 g/mol. The molecule has 0 saturated heterocycles. The fraction of sp³-hybridized carbons (Fsp3) is 0.333. The lowest BCUT2D eigenvalue weighted by atomic mass is 9.77. The third-order valence-electron chi connectivity index (χ3n) is 8.36. The minimum absolute atomic E-state index is 0.00575. The van der Waals surface area contributed by atoms with Crippen molar-refractivity contribution in [2.75, 3.05) is 27.1 Å². The second kappa shape index (κ2) is 12.8. The molecule has 3 aromatic carbocycles. The molecule has 4 atom stereocenters. The van der Waals surface area contributed by atoms with E-state index in [1.807, 2.05) is 0 Å². The number of aliphatic hydroxyl groups excluding tert-OH is 3. The van der Waals surface area contributed by atoms with Crippen LogP contribution in [0.2, 0.25) is 0 Å². The molecule has 2 aliphatic heterocycles. The molecule has 0 radical (unpaired) electrons. The third kappa shape index (κ3) is 6.06. The summed E-state index contributed by atoms with van der Waals surface area (Å²) in [6.07, 6.45) is -5.74. The summed E-state index contributed by atoms with van der Waals surface area (Å²) in [5.41, 5.74) is 0.584. The summed E-state index contributed by atoms with van der Waals surface area (Å²) >= 11 is 0. The topological polar surface area (TPSA) is 147 Å². The van der Waals surface area contributed by atoms with Crippen LogP contribution in [0.1, 0.15) is 38.5 Å². The molecule has 14 heteroatoms. The van der Waals surface area contributed by atoms with Gasteiger partial charge in [0, 0.05) is 29.8 Å². The average molecular weight is 657 g/mol. The van der Waals surface area contributed by atoms with Gasteiger partial charge in [0.1, 0.15) is 12.2 Å². The van der Waals surface area contributed by atoms with Crippen molar-refractivity contribution in [1.29, 1.82) is 0 Å². The SMILES string of the molecule is COc1cc(CO)cc2c1O[C@@H]1[C@@H](O)[C@H](N(Cc3ccc4c(c3)OCO4)C(=O)c3ccc(C(F)(F)F)cc3)C=C(C(=O)NCCO)[C@H]21. The summed E-state index contributed by atoms with van der Waals surface area (Å²) < 4.78 is 62.5. The van der Waals surface area contributed by atoms with Gasteiger partial charge >= 0.3 is 6.18 Å². The van der Waals surface area contributed by atoms with E-state index >= 15 is 0 Å². The Morgan fingerprint density at radius 2 is 1.77 bits per heavy atom. The second-order valence-corrected chi connectivity index (χ2v) is 11.2. The summed E-state index contributed by atoms with van der Waals surface area (Å²) in [6.45, 7) is -0.918. The molecule has 2 amide bonds. The van der Waals surface area contributed by atoms with E-state index in [1.54, 1.807) is 30.3 Å². The molecule has 47 heavy (non-hydrogen) atoms. The molecule has 0 unspecified atom stereocenters. The zero-order valence-electron chi connectivity index (χ0n) is 25.0. The monoisotopic (exact) mass is 656 g/mol. The fourth-order valence-electron chi connectivity index (χ4n) is 6.14. The predicted molar refractivity (Wildman–Crippen MR) is 158 cm³/mol. The Hall–Kier alpha value is -4.79. The molecule has 2 heterocycles. The Morgan fingerprint density at radius 1 is 1.02 bits per heavy atom. The molecule has 248 valence electrons. The number of rotatable bonds is 9. The van der Waals surface area contributed by atoms with E-state index in [-0.39, 0.29) is 55.7 Å². The van der Waals surface area contributed by atoms with Crippen molar-refractivity contribution in [2.45, 2.75) is 43.5 Å². The Balaban J connectivity index is 1.45. The number of hydrogen-bond donors (Lipinski definition) is 4. The van der Waals surface area contributed by atoms with Crippen molar-refractivity contribution in [2.24, 2.45) is 0 Å². The van der Waals surface area contributed by atoms with Crippen LogP contribution in [-0.4, -0.2) is 77.3 Å². The van der Waals surface area contributed by atoms with E-state index < -0.39 is 47.7 Å². The van der Waals surface area contributed by atoms with E-state index in [2.05, 4.69) is 5.32 Å². The number of benzene rings is 3. The van der Waals surface area contributed by atoms with Gasteiger partial charge in [0.25, 0.3) is 5.91 Å².